The maximum absolute atomic E-state index is 12.7. The van der Waals surface area contributed by atoms with E-state index in [-0.39, 0.29) is 5.91 Å². The number of carbonyl (C=O) groups is 1. The van der Waals surface area contributed by atoms with Crippen LogP contribution in [0.2, 0.25) is 0 Å². The molecule has 1 amide bonds. The molecule has 1 aromatic heterocycles. The molecule has 0 spiro atoms. The van der Waals surface area contributed by atoms with Gasteiger partial charge in [-0.2, -0.15) is 0 Å². The summed E-state index contributed by atoms with van der Waals surface area (Å²) in [5.74, 6) is 0.832. The maximum atomic E-state index is 12.7. The molecule has 1 aliphatic carbocycles. The van der Waals surface area contributed by atoms with Crippen LogP contribution in [0.25, 0.3) is 10.8 Å². The summed E-state index contributed by atoms with van der Waals surface area (Å²) in [6, 6.07) is 8.31. The Hall–Kier alpha value is -2.17. The number of benzene rings is 1. The molecule has 1 aliphatic heterocycles. The lowest BCUT2D eigenvalue weighted by Gasteiger charge is -2.28. The minimum Gasteiger partial charge on any atom is -0.355 e. The largest absolute Gasteiger partial charge is 0.355 e. The van der Waals surface area contributed by atoms with E-state index in [1.165, 1.54) is 32.1 Å². The second-order valence-electron chi connectivity index (χ2n) is 6.92. The van der Waals surface area contributed by atoms with Crippen LogP contribution in [-0.4, -0.2) is 35.2 Å². The van der Waals surface area contributed by atoms with E-state index in [1.54, 1.807) is 0 Å². The second kappa shape index (κ2) is 6.75. The Balaban J connectivity index is 1.68. The highest BCUT2D eigenvalue weighted by Gasteiger charge is 2.23. The zero-order valence-electron chi connectivity index (χ0n) is 14.0. The molecular weight excluding hydrogens is 300 g/mol. The van der Waals surface area contributed by atoms with Crippen LogP contribution < -0.4 is 10.2 Å². The maximum Gasteiger partial charge on any atom is 0.272 e. The minimum absolute atomic E-state index is 0.0872. The summed E-state index contributed by atoms with van der Waals surface area (Å²) in [5, 5.41) is 13.8. The van der Waals surface area contributed by atoms with Crippen LogP contribution in [0.1, 0.15) is 55.4 Å². The van der Waals surface area contributed by atoms with Gasteiger partial charge in [-0.05, 0) is 32.1 Å². The van der Waals surface area contributed by atoms with Crippen molar-refractivity contribution in [3.63, 3.8) is 0 Å². The van der Waals surface area contributed by atoms with E-state index in [4.69, 9.17) is 0 Å². The predicted octanol–water partition coefficient (Wildman–Crippen LogP) is 3.29. The summed E-state index contributed by atoms with van der Waals surface area (Å²) in [6.07, 6.45) is 8.21. The molecule has 2 aliphatic rings. The minimum atomic E-state index is -0.0872. The van der Waals surface area contributed by atoms with Crippen molar-refractivity contribution in [1.29, 1.82) is 0 Å². The Labute approximate surface area is 142 Å². The number of piperidine rings is 1. The third-order valence-corrected chi connectivity index (χ3v) is 5.23. The lowest BCUT2D eigenvalue weighted by atomic mass is 10.1. The molecule has 0 unspecified atom stereocenters. The summed E-state index contributed by atoms with van der Waals surface area (Å²) in [4.78, 5) is 15.0. The number of amides is 1. The van der Waals surface area contributed by atoms with Crippen molar-refractivity contribution in [2.45, 2.75) is 51.0 Å². The SMILES string of the molecule is O=C(NC1CCCC1)c1nnc(N2CCCCC2)c2ccccc12. The smallest absolute Gasteiger partial charge is 0.272 e. The Bertz CT molecular complexity index is 733. The van der Waals surface area contributed by atoms with Crippen molar-refractivity contribution < 1.29 is 4.79 Å². The van der Waals surface area contributed by atoms with E-state index in [0.717, 1.165) is 42.5 Å². The number of nitrogens with one attached hydrogen (secondary N) is 1. The van der Waals surface area contributed by atoms with Gasteiger partial charge in [0.05, 0.1) is 0 Å². The van der Waals surface area contributed by atoms with Gasteiger partial charge in [0.2, 0.25) is 0 Å². The van der Waals surface area contributed by atoms with E-state index >= 15 is 0 Å². The van der Waals surface area contributed by atoms with Crippen LogP contribution in [0, 0.1) is 0 Å². The average Bonchev–Trinajstić information content (AvgIpc) is 3.14. The first kappa shape index (κ1) is 15.4. The molecule has 2 aromatic rings. The van der Waals surface area contributed by atoms with E-state index in [0.29, 0.717) is 11.7 Å². The van der Waals surface area contributed by atoms with E-state index in [9.17, 15) is 4.79 Å². The van der Waals surface area contributed by atoms with Crippen molar-refractivity contribution in [1.82, 2.24) is 15.5 Å². The Morgan fingerprint density at radius 3 is 2.42 bits per heavy atom. The third-order valence-electron chi connectivity index (χ3n) is 5.23. The molecular formula is C19H24N4O. The topological polar surface area (TPSA) is 58.1 Å². The molecule has 1 N–H and O–H groups in total. The van der Waals surface area contributed by atoms with Crippen molar-refractivity contribution >= 4 is 22.5 Å². The van der Waals surface area contributed by atoms with Crippen molar-refractivity contribution in [3.05, 3.63) is 30.0 Å². The van der Waals surface area contributed by atoms with Gasteiger partial charge in [0.15, 0.2) is 11.5 Å². The Morgan fingerprint density at radius 1 is 0.958 bits per heavy atom. The standard InChI is InChI=1S/C19H24N4O/c24-19(20-14-8-2-3-9-14)17-15-10-4-5-11-16(15)18(22-21-17)23-12-6-1-7-13-23/h4-5,10-11,14H,1-3,6-9,12-13H2,(H,20,24). The van der Waals surface area contributed by atoms with Gasteiger partial charge in [-0.3, -0.25) is 4.79 Å². The number of carbonyl (C=O) groups excluding carboxylic acids is 1. The molecule has 1 saturated heterocycles. The first-order valence-corrected chi connectivity index (χ1v) is 9.14. The monoisotopic (exact) mass is 324 g/mol. The molecule has 0 radical (unpaired) electrons. The summed E-state index contributed by atoms with van der Waals surface area (Å²) < 4.78 is 0. The van der Waals surface area contributed by atoms with Gasteiger partial charge in [-0.1, -0.05) is 37.1 Å². The number of rotatable bonds is 3. The summed E-state index contributed by atoms with van der Waals surface area (Å²) >= 11 is 0. The van der Waals surface area contributed by atoms with Crippen LogP contribution in [0.15, 0.2) is 24.3 Å². The number of fused-ring (bicyclic) bond motifs is 1. The first-order chi connectivity index (χ1) is 11.8. The fourth-order valence-corrected chi connectivity index (χ4v) is 3.92. The van der Waals surface area contributed by atoms with Gasteiger partial charge in [0.1, 0.15) is 0 Å². The molecule has 2 fully saturated rings. The zero-order valence-corrected chi connectivity index (χ0v) is 14.0. The van der Waals surface area contributed by atoms with Gasteiger partial charge in [-0.15, -0.1) is 10.2 Å². The van der Waals surface area contributed by atoms with E-state index < -0.39 is 0 Å². The van der Waals surface area contributed by atoms with Gasteiger partial charge in [0, 0.05) is 29.9 Å². The number of aromatic nitrogens is 2. The molecule has 126 valence electrons. The Morgan fingerprint density at radius 2 is 1.67 bits per heavy atom. The van der Waals surface area contributed by atoms with Gasteiger partial charge >= 0.3 is 0 Å². The first-order valence-electron chi connectivity index (χ1n) is 9.14. The molecule has 5 nitrogen and oxygen atoms in total. The number of anilines is 1. The van der Waals surface area contributed by atoms with Gasteiger partial charge in [0.25, 0.3) is 5.91 Å². The fourth-order valence-electron chi connectivity index (χ4n) is 3.92. The molecule has 1 aromatic carbocycles. The van der Waals surface area contributed by atoms with Crippen LogP contribution in [0.4, 0.5) is 5.82 Å². The quantitative estimate of drug-likeness (QED) is 0.941. The molecule has 1 saturated carbocycles. The lowest BCUT2D eigenvalue weighted by molar-refractivity contribution is 0.0933. The van der Waals surface area contributed by atoms with E-state index in [1.807, 2.05) is 18.2 Å². The Kier molecular flexibility index (Phi) is 4.32. The zero-order chi connectivity index (χ0) is 16.4. The molecule has 2 heterocycles. The van der Waals surface area contributed by atoms with Crippen molar-refractivity contribution in [2.24, 2.45) is 0 Å². The number of nitrogens with zero attached hydrogens (tertiary/aromatic N) is 3. The summed E-state index contributed by atoms with van der Waals surface area (Å²) in [5.41, 5.74) is 0.457. The predicted molar refractivity (Wildman–Crippen MR) is 95.3 cm³/mol. The molecule has 0 bridgehead atoms. The van der Waals surface area contributed by atoms with Gasteiger partial charge < -0.3 is 10.2 Å². The summed E-state index contributed by atoms with van der Waals surface area (Å²) in [7, 11) is 0. The van der Waals surface area contributed by atoms with Crippen molar-refractivity contribution in [2.75, 3.05) is 18.0 Å². The van der Waals surface area contributed by atoms with Gasteiger partial charge in [-0.25, -0.2) is 0 Å². The third kappa shape index (κ3) is 2.95. The highest BCUT2D eigenvalue weighted by molar-refractivity contribution is 6.07. The summed E-state index contributed by atoms with van der Waals surface area (Å²) in [6.45, 7) is 2.04. The van der Waals surface area contributed by atoms with Crippen LogP contribution in [-0.2, 0) is 0 Å². The lowest BCUT2D eigenvalue weighted by Crippen LogP contribution is -2.34. The number of hydrogen-bond donors (Lipinski definition) is 1. The van der Waals surface area contributed by atoms with Crippen LogP contribution in [0.3, 0.4) is 0 Å². The molecule has 24 heavy (non-hydrogen) atoms. The normalized spacial score (nSPS) is 18.9. The number of hydrogen-bond acceptors (Lipinski definition) is 4. The highest BCUT2D eigenvalue weighted by Crippen LogP contribution is 2.28. The average molecular weight is 324 g/mol. The highest BCUT2D eigenvalue weighted by atomic mass is 16.2. The second-order valence-corrected chi connectivity index (χ2v) is 6.92. The molecule has 5 heteroatoms. The van der Waals surface area contributed by atoms with E-state index in [2.05, 4.69) is 26.5 Å². The fraction of sp³-hybridized carbons (Fsp3) is 0.526. The van der Waals surface area contributed by atoms with Crippen LogP contribution in [0.5, 0.6) is 0 Å². The molecule has 0 atom stereocenters. The van der Waals surface area contributed by atoms with Crippen molar-refractivity contribution in [3.8, 4) is 0 Å². The molecule has 4 rings (SSSR count). The van der Waals surface area contributed by atoms with Crippen LogP contribution >= 0.6 is 0 Å².